The van der Waals surface area contributed by atoms with Crippen LogP contribution in [0.3, 0.4) is 0 Å². The predicted molar refractivity (Wildman–Crippen MR) is 54.8 cm³/mol. The molecule has 0 aliphatic rings. The smallest absolute Gasteiger partial charge is 0.0899 e. The highest BCUT2D eigenvalue weighted by Gasteiger charge is 2.09. The summed E-state index contributed by atoms with van der Waals surface area (Å²) in [4.78, 5) is 2.15. The van der Waals surface area contributed by atoms with Crippen molar-refractivity contribution >= 4 is 0 Å². The van der Waals surface area contributed by atoms with E-state index in [4.69, 9.17) is 4.74 Å². The molecule has 1 N–H and O–H groups in total. The minimum atomic E-state index is -0.362. The van der Waals surface area contributed by atoms with Gasteiger partial charge in [-0.15, -0.1) is 0 Å². The van der Waals surface area contributed by atoms with Crippen LogP contribution in [0, 0.1) is 5.92 Å². The van der Waals surface area contributed by atoms with E-state index >= 15 is 0 Å². The van der Waals surface area contributed by atoms with Crippen LogP contribution in [0.4, 0.5) is 0 Å². The van der Waals surface area contributed by atoms with Crippen LogP contribution in [0.2, 0.25) is 0 Å². The van der Waals surface area contributed by atoms with E-state index in [1.165, 1.54) is 6.42 Å². The Bertz CT molecular complexity index is 119. The number of hydrogen-bond donors (Lipinski definition) is 1. The maximum absolute atomic E-state index is 9.44. The number of aliphatic hydroxyl groups excluding tert-OH is 1. The monoisotopic (exact) mass is 189 g/mol. The zero-order valence-electron chi connectivity index (χ0n) is 9.29. The topological polar surface area (TPSA) is 32.7 Å². The maximum atomic E-state index is 9.44. The second kappa shape index (κ2) is 7.30. The molecule has 0 aromatic rings. The highest BCUT2D eigenvalue weighted by Crippen LogP contribution is 2.02. The Balaban J connectivity index is 3.54. The molecule has 2 unspecified atom stereocenters. The van der Waals surface area contributed by atoms with Gasteiger partial charge in [-0.3, -0.25) is 0 Å². The average Bonchev–Trinajstić information content (AvgIpc) is 2.04. The van der Waals surface area contributed by atoms with Gasteiger partial charge in [0.15, 0.2) is 0 Å². The molecule has 0 saturated heterocycles. The summed E-state index contributed by atoms with van der Waals surface area (Å²) in [6, 6.07) is 0. The molecule has 0 radical (unpaired) electrons. The van der Waals surface area contributed by atoms with Crippen LogP contribution in [-0.4, -0.2) is 50.0 Å². The molecule has 0 aliphatic heterocycles. The Labute approximate surface area is 81.7 Å². The van der Waals surface area contributed by atoms with E-state index < -0.39 is 0 Å². The summed E-state index contributed by atoms with van der Waals surface area (Å²) in [5.41, 5.74) is 0. The van der Waals surface area contributed by atoms with Crippen molar-refractivity contribution in [1.82, 2.24) is 4.90 Å². The Hall–Kier alpha value is -0.120. The Kier molecular flexibility index (Phi) is 7.23. The Morgan fingerprint density at radius 2 is 2.00 bits per heavy atom. The molecule has 0 fully saturated rings. The van der Waals surface area contributed by atoms with Crippen LogP contribution in [0.25, 0.3) is 0 Å². The van der Waals surface area contributed by atoms with Gasteiger partial charge in [0.05, 0.1) is 12.7 Å². The van der Waals surface area contributed by atoms with Gasteiger partial charge in [0.25, 0.3) is 0 Å². The van der Waals surface area contributed by atoms with Crippen LogP contribution in [0.15, 0.2) is 0 Å². The summed E-state index contributed by atoms with van der Waals surface area (Å²) >= 11 is 0. The molecule has 0 rings (SSSR count). The predicted octanol–water partition coefficient (Wildman–Crippen LogP) is 0.972. The largest absolute Gasteiger partial charge is 0.389 e. The first-order valence-corrected chi connectivity index (χ1v) is 4.95. The highest BCUT2D eigenvalue weighted by molar-refractivity contribution is 4.62. The van der Waals surface area contributed by atoms with E-state index in [0.717, 1.165) is 6.54 Å². The van der Waals surface area contributed by atoms with Crippen molar-refractivity contribution in [3.8, 4) is 0 Å². The minimum Gasteiger partial charge on any atom is -0.389 e. The first-order chi connectivity index (χ1) is 6.10. The molecular weight excluding hydrogens is 166 g/mol. The SMILES string of the molecule is CCC(C)CN(C)CC(O)COC. The van der Waals surface area contributed by atoms with Crippen molar-refractivity contribution in [2.45, 2.75) is 26.4 Å². The molecular formula is C10H23NO2. The van der Waals surface area contributed by atoms with Crippen molar-refractivity contribution in [3.05, 3.63) is 0 Å². The lowest BCUT2D eigenvalue weighted by Gasteiger charge is -2.22. The van der Waals surface area contributed by atoms with E-state index in [1.807, 2.05) is 7.05 Å². The number of methoxy groups -OCH3 is 1. The van der Waals surface area contributed by atoms with Crippen molar-refractivity contribution in [2.75, 3.05) is 33.9 Å². The molecule has 3 nitrogen and oxygen atoms in total. The molecule has 0 amide bonds. The normalized spacial score (nSPS) is 16.2. The summed E-state index contributed by atoms with van der Waals surface area (Å²) in [7, 11) is 3.64. The minimum absolute atomic E-state index is 0.362. The van der Waals surface area contributed by atoms with Gasteiger partial charge in [0.1, 0.15) is 0 Å². The standard InChI is InChI=1S/C10H23NO2/c1-5-9(2)6-11(3)7-10(12)8-13-4/h9-10,12H,5-8H2,1-4H3. The van der Waals surface area contributed by atoms with Crippen LogP contribution >= 0.6 is 0 Å². The average molecular weight is 189 g/mol. The lowest BCUT2D eigenvalue weighted by atomic mass is 10.1. The van der Waals surface area contributed by atoms with E-state index in [-0.39, 0.29) is 6.10 Å². The zero-order chi connectivity index (χ0) is 10.3. The molecule has 80 valence electrons. The van der Waals surface area contributed by atoms with Crippen molar-refractivity contribution in [2.24, 2.45) is 5.92 Å². The molecule has 3 heteroatoms. The molecule has 13 heavy (non-hydrogen) atoms. The van der Waals surface area contributed by atoms with Crippen molar-refractivity contribution in [1.29, 1.82) is 0 Å². The summed E-state index contributed by atoms with van der Waals surface area (Å²) in [6.45, 7) is 6.56. The first-order valence-electron chi connectivity index (χ1n) is 4.95. The summed E-state index contributed by atoms with van der Waals surface area (Å²) in [6.07, 6.45) is 0.823. The Morgan fingerprint density at radius 1 is 1.38 bits per heavy atom. The third kappa shape index (κ3) is 6.99. The number of nitrogens with zero attached hydrogens (tertiary/aromatic N) is 1. The van der Waals surface area contributed by atoms with Gasteiger partial charge in [0.2, 0.25) is 0 Å². The quantitative estimate of drug-likeness (QED) is 0.648. The van der Waals surface area contributed by atoms with Crippen LogP contribution in [0.5, 0.6) is 0 Å². The third-order valence-electron chi connectivity index (χ3n) is 2.20. The molecule has 0 saturated carbocycles. The van der Waals surface area contributed by atoms with Gasteiger partial charge < -0.3 is 14.7 Å². The van der Waals surface area contributed by atoms with Gasteiger partial charge in [-0.1, -0.05) is 20.3 Å². The second-order valence-corrected chi connectivity index (χ2v) is 3.84. The number of hydrogen-bond acceptors (Lipinski definition) is 3. The summed E-state index contributed by atoms with van der Waals surface area (Å²) in [5.74, 6) is 0.694. The van der Waals surface area contributed by atoms with Crippen LogP contribution < -0.4 is 0 Å². The van der Waals surface area contributed by atoms with Gasteiger partial charge in [-0.25, -0.2) is 0 Å². The molecule has 0 aliphatic carbocycles. The van der Waals surface area contributed by atoms with Gasteiger partial charge in [-0.2, -0.15) is 0 Å². The molecule has 0 spiro atoms. The Morgan fingerprint density at radius 3 is 2.46 bits per heavy atom. The van der Waals surface area contributed by atoms with E-state index in [2.05, 4.69) is 18.7 Å². The van der Waals surface area contributed by atoms with Crippen molar-refractivity contribution in [3.63, 3.8) is 0 Å². The van der Waals surface area contributed by atoms with E-state index in [9.17, 15) is 5.11 Å². The summed E-state index contributed by atoms with van der Waals surface area (Å²) < 4.78 is 4.86. The fourth-order valence-electron chi connectivity index (χ4n) is 1.34. The molecule has 0 bridgehead atoms. The number of rotatable bonds is 7. The molecule has 0 heterocycles. The third-order valence-corrected chi connectivity index (χ3v) is 2.20. The highest BCUT2D eigenvalue weighted by atomic mass is 16.5. The van der Waals surface area contributed by atoms with Crippen LogP contribution in [-0.2, 0) is 4.74 Å². The summed E-state index contributed by atoms with van der Waals surface area (Å²) in [5, 5.41) is 9.44. The molecule has 2 atom stereocenters. The maximum Gasteiger partial charge on any atom is 0.0899 e. The molecule has 0 aromatic carbocycles. The van der Waals surface area contributed by atoms with Crippen LogP contribution in [0.1, 0.15) is 20.3 Å². The second-order valence-electron chi connectivity index (χ2n) is 3.84. The fourth-order valence-corrected chi connectivity index (χ4v) is 1.34. The number of ether oxygens (including phenoxy) is 1. The van der Waals surface area contributed by atoms with Gasteiger partial charge >= 0.3 is 0 Å². The number of likely N-dealkylation sites (N-methyl/N-ethyl adjacent to an activating group) is 1. The molecule has 0 aromatic heterocycles. The first kappa shape index (κ1) is 12.9. The fraction of sp³-hybridized carbons (Fsp3) is 1.00. The van der Waals surface area contributed by atoms with E-state index in [0.29, 0.717) is 19.1 Å². The van der Waals surface area contributed by atoms with Gasteiger partial charge in [0, 0.05) is 20.2 Å². The van der Waals surface area contributed by atoms with E-state index in [1.54, 1.807) is 7.11 Å². The lowest BCUT2D eigenvalue weighted by molar-refractivity contribution is 0.0407. The van der Waals surface area contributed by atoms with Gasteiger partial charge in [-0.05, 0) is 13.0 Å². The zero-order valence-corrected chi connectivity index (χ0v) is 9.29. The lowest BCUT2D eigenvalue weighted by Crippen LogP contribution is -2.34. The van der Waals surface area contributed by atoms with Crippen molar-refractivity contribution < 1.29 is 9.84 Å². The number of aliphatic hydroxyl groups is 1.